The molecule has 0 heterocycles. The summed E-state index contributed by atoms with van der Waals surface area (Å²) in [6.07, 6.45) is 0. The van der Waals surface area contributed by atoms with Gasteiger partial charge in [-0.15, -0.1) is 0 Å². The van der Waals surface area contributed by atoms with Gasteiger partial charge in [0.05, 0.1) is 0 Å². The predicted molar refractivity (Wildman–Crippen MR) is 95.8 cm³/mol. The summed E-state index contributed by atoms with van der Waals surface area (Å²) in [5.74, 6) is 1.97. The Morgan fingerprint density at radius 3 is 2.25 bits per heavy atom. The number of phenolic OH excluding ortho intramolecular Hbond substituents is 2. The number of para-hydroxylation sites is 1. The van der Waals surface area contributed by atoms with E-state index in [2.05, 4.69) is 0 Å². The zero-order valence-electron chi connectivity index (χ0n) is 13.7. The lowest BCUT2D eigenvalue weighted by Crippen LogP contribution is -1.91. The SMILES string of the molecule is CC(C)c1ccc(-c2cc(O)ccc2Oc2ccccc2)cc1O. The summed E-state index contributed by atoms with van der Waals surface area (Å²) in [7, 11) is 0. The van der Waals surface area contributed by atoms with E-state index in [0.29, 0.717) is 11.5 Å². The Hall–Kier alpha value is -2.94. The number of hydrogen-bond acceptors (Lipinski definition) is 3. The van der Waals surface area contributed by atoms with Crippen LogP contribution in [0.4, 0.5) is 0 Å². The maximum absolute atomic E-state index is 10.3. The van der Waals surface area contributed by atoms with E-state index >= 15 is 0 Å². The normalized spacial score (nSPS) is 10.8. The van der Waals surface area contributed by atoms with E-state index in [9.17, 15) is 10.2 Å². The second-order valence-corrected chi connectivity index (χ2v) is 6.02. The molecule has 0 radical (unpaired) electrons. The molecule has 122 valence electrons. The Bertz CT molecular complexity index is 839. The zero-order valence-corrected chi connectivity index (χ0v) is 13.7. The van der Waals surface area contributed by atoms with Gasteiger partial charge in [0.1, 0.15) is 23.0 Å². The van der Waals surface area contributed by atoms with Crippen LogP contribution in [0.5, 0.6) is 23.0 Å². The average molecular weight is 320 g/mol. The van der Waals surface area contributed by atoms with Crippen molar-refractivity contribution < 1.29 is 14.9 Å². The van der Waals surface area contributed by atoms with Crippen molar-refractivity contribution in [2.75, 3.05) is 0 Å². The smallest absolute Gasteiger partial charge is 0.135 e. The predicted octanol–water partition coefficient (Wildman–Crippen LogP) is 5.68. The molecule has 3 nitrogen and oxygen atoms in total. The van der Waals surface area contributed by atoms with E-state index in [1.165, 1.54) is 0 Å². The van der Waals surface area contributed by atoms with E-state index < -0.39 is 0 Å². The van der Waals surface area contributed by atoms with Crippen molar-refractivity contribution in [2.45, 2.75) is 19.8 Å². The van der Waals surface area contributed by atoms with Gasteiger partial charge in [0.25, 0.3) is 0 Å². The molecule has 0 fully saturated rings. The summed E-state index contributed by atoms with van der Waals surface area (Å²) in [6.45, 7) is 4.07. The van der Waals surface area contributed by atoms with Crippen molar-refractivity contribution in [3.63, 3.8) is 0 Å². The Kier molecular flexibility index (Phi) is 4.43. The first kappa shape index (κ1) is 15.9. The second-order valence-electron chi connectivity index (χ2n) is 6.02. The molecule has 3 rings (SSSR count). The Labute approximate surface area is 141 Å². The largest absolute Gasteiger partial charge is 0.508 e. The summed E-state index contributed by atoms with van der Waals surface area (Å²) in [5.41, 5.74) is 2.41. The van der Waals surface area contributed by atoms with Crippen molar-refractivity contribution in [2.24, 2.45) is 0 Å². The molecule has 3 heteroatoms. The minimum Gasteiger partial charge on any atom is -0.508 e. The fourth-order valence-electron chi connectivity index (χ4n) is 2.65. The van der Waals surface area contributed by atoms with Gasteiger partial charge >= 0.3 is 0 Å². The molecule has 0 bridgehead atoms. The molecule has 2 N–H and O–H groups in total. The molecule has 0 saturated carbocycles. The van der Waals surface area contributed by atoms with Crippen LogP contribution in [0.15, 0.2) is 66.7 Å². The Morgan fingerprint density at radius 2 is 1.58 bits per heavy atom. The van der Waals surface area contributed by atoms with E-state index in [-0.39, 0.29) is 17.4 Å². The molecule has 0 aliphatic carbocycles. The van der Waals surface area contributed by atoms with Crippen molar-refractivity contribution in [3.8, 4) is 34.1 Å². The molecule has 3 aromatic rings. The van der Waals surface area contributed by atoms with E-state index in [1.54, 1.807) is 24.3 Å². The first-order chi connectivity index (χ1) is 11.5. The van der Waals surface area contributed by atoms with E-state index in [1.807, 2.05) is 56.3 Å². The molecule has 0 spiro atoms. The van der Waals surface area contributed by atoms with Crippen molar-refractivity contribution in [1.82, 2.24) is 0 Å². The lowest BCUT2D eigenvalue weighted by atomic mass is 9.97. The van der Waals surface area contributed by atoms with Crippen LogP contribution in [0.25, 0.3) is 11.1 Å². The van der Waals surface area contributed by atoms with Gasteiger partial charge in [-0.2, -0.15) is 0 Å². The highest BCUT2D eigenvalue weighted by Gasteiger charge is 2.12. The maximum Gasteiger partial charge on any atom is 0.135 e. The number of hydrogen-bond donors (Lipinski definition) is 2. The van der Waals surface area contributed by atoms with Gasteiger partial charge in [-0.1, -0.05) is 44.2 Å². The van der Waals surface area contributed by atoms with Gasteiger partial charge in [-0.25, -0.2) is 0 Å². The standard InChI is InChI=1S/C21H20O3/c1-14(2)18-10-8-15(12-20(18)23)19-13-16(22)9-11-21(19)24-17-6-4-3-5-7-17/h3-14,22-23H,1-2H3. The van der Waals surface area contributed by atoms with Gasteiger partial charge < -0.3 is 14.9 Å². The van der Waals surface area contributed by atoms with Crippen LogP contribution in [-0.2, 0) is 0 Å². The fourth-order valence-corrected chi connectivity index (χ4v) is 2.65. The number of phenols is 2. The first-order valence-electron chi connectivity index (χ1n) is 7.94. The van der Waals surface area contributed by atoms with E-state index in [0.717, 1.165) is 16.7 Å². The van der Waals surface area contributed by atoms with Crippen molar-refractivity contribution >= 4 is 0 Å². The maximum atomic E-state index is 10.3. The van der Waals surface area contributed by atoms with Gasteiger partial charge in [0, 0.05) is 5.56 Å². The third-order valence-electron chi connectivity index (χ3n) is 3.90. The number of ether oxygens (including phenoxy) is 1. The molecule has 24 heavy (non-hydrogen) atoms. The Balaban J connectivity index is 2.04. The van der Waals surface area contributed by atoms with Crippen LogP contribution in [0.1, 0.15) is 25.3 Å². The summed E-state index contributed by atoms with van der Waals surface area (Å²) >= 11 is 0. The van der Waals surface area contributed by atoms with Crippen molar-refractivity contribution in [1.29, 1.82) is 0 Å². The van der Waals surface area contributed by atoms with Gasteiger partial charge in [0.15, 0.2) is 0 Å². The first-order valence-corrected chi connectivity index (χ1v) is 7.94. The summed E-state index contributed by atoms with van der Waals surface area (Å²) in [5, 5.41) is 20.1. The lowest BCUT2D eigenvalue weighted by molar-refractivity contribution is 0.463. The van der Waals surface area contributed by atoms with Crippen LogP contribution < -0.4 is 4.74 Å². The van der Waals surface area contributed by atoms with Gasteiger partial charge in [0.2, 0.25) is 0 Å². The van der Waals surface area contributed by atoms with Crippen LogP contribution >= 0.6 is 0 Å². The van der Waals surface area contributed by atoms with E-state index in [4.69, 9.17) is 4.74 Å². The molecule has 0 unspecified atom stereocenters. The number of aromatic hydroxyl groups is 2. The molecular weight excluding hydrogens is 300 g/mol. The summed E-state index contributed by atoms with van der Waals surface area (Å²) in [6, 6.07) is 20.0. The minimum absolute atomic E-state index is 0.151. The molecule has 0 atom stereocenters. The zero-order chi connectivity index (χ0) is 17.1. The quantitative estimate of drug-likeness (QED) is 0.650. The molecular formula is C21H20O3. The molecule has 0 saturated heterocycles. The molecule has 0 amide bonds. The highest BCUT2D eigenvalue weighted by molar-refractivity contribution is 5.74. The minimum atomic E-state index is 0.151. The topological polar surface area (TPSA) is 49.7 Å². The van der Waals surface area contributed by atoms with Gasteiger partial charge in [-0.3, -0.25) is 0 Å². The van der Waals surface area contributed by atoms with Crippen LogP contribution in [0.2, 0.25) is 0 Å². The Morgan fingerprint density at radius 1 is 0.833 bits per heavy atom. The monoisotopic (exact) mass is 320 g/mol. The van der Waals surface area contributed by atoms with Crippen LogP contribution in [0.3, 0.4) is 0 Å². The molecule has 0 aliphatic rings. The average Bonchev–Trinajstić information content (AvgIpc) is 2.57. The third-order valence-corrected chi connectivity index (χ3v) is 3.90. The molecule has 3 aromatic carbocycles. The highest BCUT2D eigenvalue weighted by Crippen LogP contribution is 2.38. The summed E-state index contributed by atoms with van der Waals surface area (Å²) < 4.78 is 5.94. The highest BCUT2D eigenvalue weighted by atomic mass is 16.5. The van der Waals surface area contributed by atoms with Crippen LogP contribution in [-0.4, -0.2) is 10.2 Å². The fraction of sp³-hybridized carbons (Fsp3) is 0.143. The number of rotatable bonds is 4. The van der Waals surface area contributed by atoms with Crippen LogP contribution in [0, 0.1) is 0 Å². The second kappa shape index (κ2) is 6.67. The summed E-state index contributed by atoms with van der Waals surface area (Å²) in [4.78, 5) is 0. The van der Waals surface area contributed by atoms with Gasteiger partial charge in [-0.05, 0) is 53.4 Å². The van der Waals surface area contributed by atoms with Crippen molar-refractivity contribution in [3.05, 3.63) is 72.3 Å². The lowest BCUT2D eigenvalue weighted by Gasteiger charge is -2.14. The number of benzene rings is 3. The molecule has 0 aromatic heterocycles. The third kappa shape index (κ3) is 3.35. The molecule has 0 aliphatic heterocycles.